The molecule has 0 saturated carbocycles. The van der Waals surface area contributed by atoms with Crippen molar-refractivity contribution in [1.82, 2.24) is 4.98 Å². The van der Waals surface area contributed by atoms with Crippen LogP contribution in [-0.2, 0) is 0 Å². The van der Waals surface area contributed by atoms with Crippen molar-refractivity contribution in [2.45, 2.75) is 0 Å². The first kappa shape index (κ1) is 24.2. The highest BCUT2D eigenvalue weighted by molar-refractivity contribution is 6.25. The molecule has 42 heavy (non-hydrogen) atoms. The topological polar surface area (TPSA) is 29.3 Å². The summed E-state index contributed by atoms with van der Waals surface area (Å²) in [7, 11) is 0. The van der Waals surface area contributed by atoms with Crippen LogP contribution in [0, 0.1) is 0 Å². The van der Waals surface area contributed by atoms with Crippen LogP contribution in [0.2, 0.25) is 0 Å². The van der Waals surface area contributed by atoms with Crippen LogP contribution in [0.3, 0.4) is 0 Å². The van der Waals surface area contributed by atoms with Gasteiger partial charge in [0.15, 0.2) is 0 Å². The number of rotatable bonds is 5. The number of fused-ring (bicyclic) bond motifs is 5. The Labute approximate surface area is 243 Å². The standard InChI is InChI=1S/C39H26N2O/c1-3-13-30(14-4-1)41(31-15-5-2-6-16-31)32-22-20-27(21-23-32)35-25-28-11-7-8-17-33(28)38-37-34(29-12-10-24-40-26-29)18-9-19-36(37)42-39(35)38/h1-26H. The smallest absolute Gasteiger partial charge is 0.143 e. The van der Waals surface area contributed by atoms with Gasteiger partial charge in [-0.2, -0.15) is 0 Å². The van der Waals surface area contributed by atoms with Crippen LogP contribution >= 0.6 is 0 Å². The molecule has 6 aromatic carbocycles. The normalized spacial score (nSPS) is 11.3. The van der Waals surface area contributed by atoms with Gasteiger partial charge >= 0.3 is 0 Å². The van der Waals surface area contributed by atoms with E-state index in [9.17, 15) is 0 Å². The minimum absolute atomic E-state index is 0.875. The Bertz CT molecular complexity index is 2130. The molecule has 0 fully saturated rings. The molecule has 0 aliphatic heterocycles. The maximum atomic E-state index is 6.69. The van der Waals surface area contributed by atoms with Gasteiger partial charge < -0.3 is 9.32 Å². The van der Waals surface area contributed by atoms with Gasteiger partial charge in [-0.3, -0.25) is 4.98 Å². The van der Waals surface area contributed by atoms with Crippen molar-refractivity contribution in [2.75, 3.05) is 4.90 Å². The lowest BCUT2D eigenvalue weighted by Gasteiger charge is -2.25. The van der Waals surface area contributed by atoms with Crippen molar-refractivity contribution in [3.05, 3.63) is 158 Å². The Morgan fingerprint density at radius 1 is 0.500 bits per heavy atom. The van der Waals surface area contributed by atoms with Gasteiger partial charge in [-0.1, -0.05) is 91.0 Å². The van der Waals surface area contributed by atoms with Gasteiger partial charge in [-0.15, -0.1) is 0 Å². The number of anilines is 3. The third kappa shape index (κ3) is 4.03. The van der Waals surface area contributed by atoms with Crippen LogP contribution in [0.1, 0.15) is 0 Å². The molecule has 0 N–H and O–H groups in total. The molecule has 0 spiro atoms. The first-order valence-corrected chi connectivity index (χ1v) is 14.1. The van der Waals surface area contributed by atoms with Crippen molar-refractivity contribution in [2.24, 2.45) is 0 Å². The maximum Gasteiger partial charge on any atom is 0.143 e. The number of aromatic nitrogens is 1. The van der Waals surface area contributed by atoms with Gasteiger partial charge in [0.1, 0.15) is 11.2 Å². The van der Waals surface area contributed by atoms with E-state index in [1.54, 1.807) is 0 Å². The van der Waals surface area contributed by atoms with E-state index in [0.29, 0.717) is 0 Å². The van der Waals surface area contributed by atoms with Crippen LogP contribution < -0.4 is 4.90 Å². The van der Waals surface area contributed by atoms with E-state index in [4.69, 9.17) is 4.42 Å². The Hall–Kier alpha value is -5.67. The second-order valence-corrected chi connectivity index (χ2v) is 10.4. The number of nitrogens with zero attached hydrogens (tertiary/aromatic N) is 2. The lowest BCUT2D eigenvalue weighted by atomic mass is 9.93. The lowest BCUT2D eigenvalue weighted by molar-refractivity contribution is 0.670. The Kier molecular flexibility index (Phi) is 5.79. The van der Waals surface area contributed by atoms with Gasteiger partial charge in [0.2, 0.25) is 0 Å². The molecule has 2 heterocycles. The van der Waals surface area contributed by atoms with Crippen molar-refractivity contribution < 1.29 is 4.42 Å². The molecule has 0 atom stereocenters. The minimum Gasteiger partial charge on any atom is -0.455 e. The average Bonchev–Trinajstić information content (AvgIpc) is 3.47. The summed E-state index contributed by atoms with van der Waals surface area (Å²) in [6.07, 6.45) is 3.73. The number of pyridine rings is 1. The fraction of sp³-hybridized carbons (Fsp3) is 0. The molecule has 2 aromatic heterocycles. The van der Waals surface area contributed by atoms with E-state index in [-0.39, 0.29) is 0 Å². The van der Waals surface area contributed by atoms with Crippen molar-refractivity contribution in [3.8, 4) is 22.3 Å². The first-order chi connectivity index (χ1) is 20.8. The highest BCUT2D eigenvalue weighted by Crippen LogP contribution is 2.44. The predicted octanol–water partition coefficient (Wildman–Crippen LogP) is 10.9. The van der Waals surface area contributed by atoms with Crippen LogP contribution in [0.15, 0.2) is 162 Å². The molecule has 3 heteroatoms. The van der Waals surface area contributed by atoms with E-state index in [0.717, 1.165) is 61.3 Å². The van der Waals surface area contributed by atoms with Gasteiger partial charge in [0.05, 0.1) is 0 Å². The number of para-hydroxylation sites is 2. The molecule has 3 nitrogen and oxygen atoms in total. The van der Waals surface area contributed by atoms with Crippen LogP contribution in [-0.4, -0.2) is 4.98 Å². The zero-order valence-electron chi connectivity index (χ0n) is 22.8. The van der Waals surface area contributed by atoms with Crippen LogP contribution in [0.4, 0.5) is 17.1 Å². The van der Waals surface area contributed by atoms with Crippen molar-refractivity contribution in [3.63, 3.8) is 0 Å². The highest BCUT2D eigenvalue weighted by Gasteiger charge is 2.20. The maximum absolute atomic E-state index is 6.69. The predicted molar refractivity (Wildman–Crippen MR) is 175 cm³/mol. The summed E-state index contributed by atoms with van der Waals surface area (Å²) in [6, 6.07) is 51.0. The van der Waals surface area contributed by atoms with Crippen LogP contribution in [0.5, 0.6) is 0 Å². The van der Waals surface area contributed by atoms with E-state index < -0.39 is 0 Å². The number of benzene rings is 6. The molecular formula is C39H26N2O. The second kappa shape index (κ2) is 10.1. The van der Waals surface area contributed by atoms with Gasteiger partial charge in [-0.25, -0.2) is 0 Å². The summed E-state index contributed by atoms with van der Waals surface area (Å²) in [5, 5.41) is 4.62. The summed E-state index contributed by atoms with van der Waals surface area (Å²) in [5.74, 6) is 0. The number of hydrogen-bond acceptors (Lipinski definition) is 3. The summed E-state index contributed by atoms with van der Waals surface area (Å²) in [5.41, 5.74) is 9.49. The van der Waals surface area contributed by atoms with E-state index in [1.165, 1.54) is 10.8 Å². The molecule has 0 bridgehead atoms. The average molecular weight is 539 g/mol. The van der Waals surface area contributed by atoms with Crippen molar-refractivity contribution in [1.29, 1.82) is 0 Å². The number of hydrogen-bond donors (Lipinski definition) is 0. The van der Waals surface area contributed by atoms with Crippen LogP contribution in [0.25, 0.3) is 55.0 Å². The Morgan fingerprint density at radius 3 is 1.90 bits per heavy atom. The largest absolute Gasteiger partial charge is 0.455 e. The Balaban J connectivity index is 1.34. The monoisotopic (exact) mass is 538 g/mol. The fourth-order valence-electron chi connectivity index (χ4n) is 6.04. The Morgan fingerprint density at radius 2 is 1.19 bits per heavy atom. The fourth-order valence-corrected chi connectivity index (χ4v) is 6.04. The molecule has 0 radical (unpaired) electrons. The number of furan rings is 1. The summed E-state index contributed by atoms with van der Waals surface area (Å²) in [4.78, 5) is 6.67. The lowest BCUT2D eigenvalue weighted by Crippen LogP contribution is -2.09. The molecule has 198 valence electrons. The van der Waals surface area contributed by atoms with E-state index >= 15 is 0 Å². The summed E-state index contributed by atoms with van der Waals surface area (Å²) >= 11 is 0. The minimum atomic E-state index is 0.875. The van der Waals surface area contributed by atoms with E-state index in [1.807, 2.05) is 30.6 Å². The molecule has 8 aromatic rings. The molecule has 0 aliphatic carbocycles. The van der Waals surface area contributed by atoms with Gasteiger partial charge in [0, 0.05) is 51.4 Å². The van der Waals surface area contributed by atoms with Crippen molar-refractivity contribution >= 4 is 49.8 Å². The third-order valence-corrected chi connectivity index (χ3v) is 7.93. The third-order valence-electron chi connectivity index (χ3n) is 7.93. The second-order valence-electron chi connectivity index (χ2n) is 10.4. The first-order valence-electron chi connectivity index (χ1n) is 14.1. The molecular weight excluding hydrogens is 512 g/mol. The molecule has 0 amide bonds. The molecule has 0 unspecified atom stereocenters. The van der Waals surface area contributed by atoms with Gasteiger partial charge in [0.25, 0.3) is 0 Å². The SMILES string of the molecule is c1ccc(N(c2ccccc2)c2ccc(-c3cc4ccccc4c4c3oc3cccc(-c5cccnc5)c34)cc2)cc1. The molecule has 0 aliphatic rings. The molecule has 0 saturated heterocycles. The van der Waals surface area contributed by atoms with Gasteiger partial charge in [-0.05, 0) is 76.5 Å². The molecule has 8 rings (SSSR count). The quantitative estimate of drug-likeness (QED) is 0.218. The zero-order valence-corrected chi connectivity index (χ0v) is 22.8. The summed E-state index contributed by atoms with van der Waals surface area (Å²) in [6.45, 7) is 0. The van der Waals surface area contributed by atoms with E-state index in [2.05, 4.69) is 137 Å². The zero-order chi connectivity index (χ0) is 27.9. The highest BCUT2D eigenvalue weighted by atomic mass is 16.3. The summed E-state index contributed by atoms with van der Waals surface area (Å²) < 4.78 is 6.69.